The number of fused-ring (bicyclic) bond motifs is 2. The van der Waals surface area contributed by atoms with Gasteiger partial charge in [0.25, 0.3) is 0 Å². The summed E-state index contributed by atoms with van der Waals surface area (Å²) in [7, 11) is 1.64. The maximum atomic E-state index is 12.0. The van der Waals surface area contributed by atoms with E-state index in [0.717, 1.165) is 5.06 Å². The van der Waals surface area contributed by atoms with Gasteiger partial charge < -0.3 is 19.0 Å². The largest absolute Gasteiger partial charge is 0.444 e. The van der Waals surface area contributed by atoms with Crippen molar-refractivity contribution in [2.75, 3.05) is 20.1 Å². The molecule has 1 aromatic rings. The summed E-state index contributed by atoms with van der Waals surface area (Å²) in [5.41, 5.74) is -0.551. The summed E-state index contributed by atoms with van der Waals surface area (Å²) in [4.78, 5) is 27.0. The molecule has 3 heterocycles. The average Bonchev–Trinajstić information content (AvgIpc) is 3.12. The fraction of sp³-hybridized carbons (Fsp3) is 0.750. The summed E-state index contributed by atoms with van der Waals surface area (Å²) in [6.07, 6.45) is 1.31. The number of nitrogens with zero attached hydrogens (tertiary/aromatic N) is 5. The topological polar surface area (TPSA) is 112 Å². The average molecular weight is 367 g/mol. The lowest BCUT2D eigenvalue weighted by atomic mass is 10.0. The number of piperidine rings is 1. The lowest BCUT2D eigenvalue weighted by Gasteiger charge is -2.27. The van der Waals surface area contributed by atoms with Crippen LogP contribution in [0.4, 0.5) is 9.59 Å². The number of hydroxylamine groups is 2. The zero-order valence-corrected chi connectivity index (χ0v) is 15.5. The van der Waals surface area contributed by atoms with Crippen molar-refractivity contribution in [3.63, 3.8) is 0 Å². The van der Waals surface area contributed by atoms with Gasteiger partial charge in [0.2, 0.25) is 11.8 Å². The van der Waals surface area contributed by atoms with Crippen molar-refractivity contribution in [2.24, 2.45) is 0 Å². The highest BCUT2D eigenvalue weighted by molar-refractivity contribution is 5.76. The van der Waals surface area contributed by atoms with Crippen LogP contribution in [0.5, 0.6) is 0 Å². The quantitative estimate of drug-likeness (QED) is 0.808. The molecule has 2 saturated heterocycles. The van der Waals surface area contributed by atoms with Crippen LogP contribution in [-0.4, -0.2) is 74.2 Å². The maximum absolute atomic E-state index is 12.0. The molecule has 2 atom stereocenters. The third-order valence-electron chi connectivity index (χ3n) is 4.48. The van der Waals surface area contributed by atoms with Gasteiger partial charge in [0.15, 0.2) is 0 Å². The molecule has 10 heteroatoms. The van der Waals surface area contributed by atoms with Gasteiger partial charge in [-0.3, -0.25) is 5.21 Å². The predicted molar refractivity (Wildman–Crippen MR) is 88.4 cm³/mol. The summed E-state index contributed by atoms with van der Waals surface area (Å²) < 4.78 is 11.0. The molecule has 144 valence electrons. The molecule has 0 unspecified atom stereocenters. The van der Waals surface area contributed by atoms with Crippen molar-refractivity contribution in [1.29, 1.82) is 0 Å². The molecule has 2 aliphatic rings. The van der Waals surface area contributed by atoms with Gasteiger partial charge in [0.1, 0.15) is 11.6 Å². The summed E-state index contributed by atoms with van der Waals surface area (Å²) in [6.45, 7) is 6.26. The summed E-state index contributed by atoms with van der Waals surface area (Å²) >= 11 is 0. The Morgan fingerprint density at radius 3 is 2.81 bits per heavy atom. The van der Waals surface area contributed by atoms with Crippen LogP contribution >= 0.6 is 0 Å². The molecule has 10 nitrogen and oxygen atoms in total. The Balaban J connectivity index is 1.57. The Labute approximate surface area is 151 Å². The minimum absolute atomic E-state index is 0.163. The number of ether oxygens (including phenoxy) is 1. The summed E-state index contributed by atoms with van der Waals surface area (Å²) in [6, 6.07) is -0.911. The number of hydrogen-bond acceptors (Lipinski definition) is 7. The van der Waals surface area contributed by atoms with Crippen LogP contribution < -0.4 is 0 Å². The van der Waals surface area contributed by atoms with Crippen LogP contribution in [0.25, 0.3) is 0 Å². The highest BCUT2D eigenvalue weighted by Gasteiger charge is 2.46. The summed E-state index contributed by atoms with van der Waals surface area (Å²) in [5.74, 6) is 0.757. The van der Waals surface area contributed by atoms with E-state index in [1.807, 2.05) is 20.8 Å². The van der Waals surface area contributed by atoms with E-state index in [0.29, 0.717) is 44.1 Å². The van der Waals surface area contributed by atoms with Crippen molar-refractivity contribution in [1.82, 2.24) is 25.1 Å². The van der Waals surface area contributed by atoms with E-state index in [1.54, 1.807) is 11.9 Å². The molecule has 0 aromatic carbocycles. The van der Waals surface area contributed by atoms with Crippen molar-refractivity contribution >= 4 is 12.1 Å². The number of carbonyl (C=O) groups excluding carboxylic acids is 2. The minimum atomic E-state index is -0.551. The number of likely N-dealkylation sites (N-methyl/N-ethyl adjacent to an activating group) is 1. The minimum Gasteiger partial charge on any atom is -0.444 e. The monoisotopic (exact) mass is 367 g/mol. The van der Waals surface area contributed by atoms with Crippen LogP contribution in [0.15, 0.2) is 4.42 Å². The molecule has 2 aliphatic heterocycles. The Morgan fingerprint density at radius 1 is 1.38 bits per heavy atom. The van der Waals surface area contributed by atoms with Crippen LogP contribution in [0.2, 0.25) is 0 Å². The third kappa shape index (κ3) is 3.74. The van der Waals surface area contributed by atoms with E-state index in [4.69, 9.17) is 9.15 Å². The number of aromatic nitrogens is 2. The first-order chi connectivity index (χ1) is 12.2. The van der Waals surface area contributed by atoms with Crippen molar-refractivity contribution in [3.8, 4) is 0 Å². The van der Waals surface area contributed by atoms with Crippen molar-refractivity contribution in [3.05, 3.63) is 11.8 Å². The van der Waals surface area contributed by atoms with Crippen LogP contribution in [0.1, 0.15) is 51.4 Å². The molecule has 3 rings (SSSR count). The number of hydrogen-bond donors (Lipinski definition) is 1. The maximum Gasteiger partial charge on any atom is 0.410 e. The van der Waals surface area contributed by atoms with Gasteiger partial charge in [-0.15, -0.1) is 10.2 Å². The first-order valence-electron chi connectivity index (χ1n) is 8.71. The normalized spacial score (nSPS) is 22.7. The van der Waals surface area contributed by atoms with E-state index in [9.17, 15) is 14.8 Å². The van der Waals surface area contributed by atoms with Gasteiger partial charge in [-0.2, -0.15) is 0 Å². The smallest absolute Gasteiger partial charge is 0.410 e. The highest BCUT2D eigenvalue weighted by atomic mass is 16.6. The second kappa shape index (κ2) is 6.75. The lowest BCUT2D eigenvalue weighted by Crippen LogP contribution is -2.35. The standard InChI is InChI=1S/C16H25N5O5/c1-16(2,3)26-15(23)19(4)8-7-12-17-18-13(25-12)11-6-5-10-9-20(11)14(22)21(10)24/h10-11,24H,5-9H2,1-4H3/t10-,11+/m1/s1. The van der Waals surface area contributed by atoms with Gasteiger partial charge in [-0.25, -0.2) is 14.7 Å². The molecule has 0 radical (unpaired) electrons. The van der Waals surface area contributed by atoms with E-state index in [2.05, 4.69) is 10.2 Å². The molecule has 0 spiro atoms. The fourth-order valence-corrected chi connectivity index (χ4v) is 3.10. The van der Waals surface area contributed by atoms with E-state index in [1.165, 1.54) is 4.90 Å². The molecule has 0 aliphatic carbocycles. The van der Waals surface area contributed by atoms with Gasteiger partial charge >= 0.3 is 12.1 Å². The third-order valence-corrected chi connectivity index (χ3v) is 4.48. The summed E-state index contributed by atoms with van der Waals surface area (Å²) in [5, 5.41) is 18.6. The molecule has 3 amide bonds. The van der Waals surface area contributed by atoms with Gasteiger partial charge in [0, 0.05) is 26.6 Å². The van der Waals surface area contributed by atoms with E-state index in [-0.39, 0.29) is 12.1 Å². The number of amides is 3. The Hall–Kier alpha value is -2.36. The van der Waals surface area contributed by atoms with Gasteiger partial charge in [-0.05, 0) is 33.6 Å². The first-order valence-corrected chi connectivity index (χ1v) is 8.71. The van der Waals surface area contributed by atoms with E-state index >= 15 is 0 Å². The molecule has 0 saturated carbocycles. The van der Waals surface area contributed by atoms with Gasteiger partial charge in [0.05, 0.1) is 6.04 Å². The van der Waals surface area contributed by atoms with Crippen LogP contribution in [0, 0.1) is 0 Å². The second-order valence-electron chi connectivity index (χ2n) is 7.71. The Kier molecular flexibility index (Phi) is 4.78. The molecule has 1 aromatic heterocycles. The van der Waals surface area contributed by atoms with Crippen LogP contribution in [0.3, 0.4) is 0 Å². The number of urea groups is 1. The first kappa shape index (κ1) is 18.4. The lowest BCUT2D eigenvalue weighted by molar-refractivity contribution is -0.0584. The fourth-order valence-electron chi connectivity index (χ4n) is 3.10. The molecule has 2 fully saturated rings. The molecule has 1 N–H and O–H groups in total. The number of rotatable bonds is 4. The zero-order valence-electron chi connectivity index (χ0n) is 15.5. The van der Waals surface area contributed by atoms with Gasteiger partial charge in [-0.1, -0.05) is 0 Å². The predicted octanol–water partition coefficient (Wildman–Crippen LogP) is 1.81. The second-order valence-corrected chi connectivity index (χ2v) is 7.71. The van der Waals surface area contributed by atoms with Crippen molar-refractivity contribution < 1.29 is 24.0 Å². The van der Waals surface area contributed by atoms with Crippen molar-refractivity contribution in [2.45, 2.75) is 57.7 Å². The molecule has 26 heavy (non-hydrogen) atoms. The Morgan fingerprint density at radius 2 is 2.12 bits per heavy atom. The number of carbonyl (C=O) groups is 2. The Bertz CT molecular complexity index is 685. The molecular weight excluding hydrogens is 342 g/mol. The molecule has 2 bridgehead atoms. The highest BCUT2D eigenvalue weighted by Crippen LogP contribution is 2.36. The SMILES string of the molecule is CN(CCc1nnc([C@@H]2CC[C@@H]3CN2C(=O)N3O)o1)C(=O)OC(C)(C)C. The van der Waals surface area contributed by atoms with E-state index < -0.39 is 17.7 Å². The zero-order chi connectivity index (χ0) is 19.1. The van der Waals surface area contributed by atoms with Crippen LogP contribution in [-0.2, 0) is 11.2 Å². The molecular formula is C16H25N5O5.